The van der Waals surface area contributed by atoms with Gasteiger partial charge in [-0.3, -0.25) is 24.0 Å². The number of aromatic nitrogens is 8. The van der Waals surface area contributed by atoms with Crippen molar-refractivity contribution in [3.8, 4) is 67.3 Å². The third kappa shape index (κ3) is 20.5. The predicted molar refractivity (Wildman–Crippen MR) is 483 cm³/mol. The van der Waals surface area contributed by atoms with Crippen molar-refractivity contribution in [1.82, 2.24) is 75.8 Å². The van der Waals surface area contributed by atoms with E-state index in [1.165, 1.54) is 34.9 Å². The second kappa shape index (κ2) is 40.7. The molecule has 0 spiro atoms. The van der Waals surface area contributed by atoms with Crippen LogP contribution in [0.2, 0.25) is 0 Å². The zero-order valence-corrected chi connectivity index (χ0v) is 71.9. The molecule has 2 unspecified atom stereocenters. The number of rotatable bonds is 23. The molecule has 12 aromatic rings. The van der Waals surface area contributed by atoms with Gasteiger partial charge in [0.1, 0.15) is 41.4 Å². The fourth-order valence-electron chi connectivity index (χ4n) is 17.2. The highest BCUT2D eigenvalue weighted by atomic mass is 16.5. The summed E-state index contributed by atoms with van der Waals surface area (Å²) < 4.78 is 18.9. The lowest BCUT2D eigenvalue weighted by molar-refractivity contribution is -0.147. The van der Waals surface area contributed by atoms with Gasteiger partial charge in [-0.2, -0.15) is 0 Å². The molecule has 656 valence electrons. The van der Waals surface area contributed by atoms with E-state index in [0.717, 1.165) is 174 Å². The zero-order valence-electron chi connectivity index (χ0n) is 71.9. The van der Waals surface area contributed by atoms with Gasteiger partial charge in [0.15, 0.2) is 0 Å². The van der Waals surface area contributed by atoms with Crippen molar-refractivity contribution in [2.24, 2.45) is 11.8 Å². The number of fused-ring (bicyclic) bond motifs is 2. The molecule has 4 aliphatic heterocycles. The minimum atomic E-state index is -1.01. The Bertz CT molecular complexity index is 5870. The third-order valence-electron chi connectivity index (χ3n) is 24.1. The van der Waals surface area contributed by atoms with Crippen LogP contribution in [0, 0.1) is 25.7 Å². The molecule has 28 nitrogen and oxygen atoms in total. The summed E-state index contributed by atoms with van der Waals surface area (Å²) in [7, 11) is 5.13. The molecule has 0 bridgehead atoms. The van der Waals surface area contributed by atoms with E-state index in [1.807, 2.05) is 113 Å². The Morgan fingerprint density at radius 2 is 0.762 bits per heavy atom. The van der Waals surface area contributed by atoms with Gasteiger partial charge in [0.05, 0.1) is 113 Å². The van der Waals surface area contributed by atoms with Crippen molar-refractivity contribution in [3.63, 3.8) is 0 Å². The van der Waals surface area contributed by atoms with Crippen LogP contribution in [-0.4, -0.2) is 174 Å². The molecular formula is C98H111N15O13. The molecule has 0 aliphatic carbocycles. The molecule has 8 atom stereocenters. The zero-order chi connectivity index (χ0) is 88.1. The van der Waals surface area contributed by atoms with Crippen molar-refractivity contribution in [2.45, 2.75) is 155 Å². The number of benzene rings is 8. The Hall–Kier alpha value is -13.8. The van der Waals surface area contributed by atoms with Gasteiger partial charge in [-0.05, 0) is 185 Å². The third-order valence-corrected chi connectivity index (χ3v) is 24.1. The van der Waals surface area contributed by atoms with Gasteiger partial charge in [-0.1, -0.05) is 181 Å². The number of imidazole rings is 4. The van der Waals surface area contributed by atoms with Crippen molar-refractivity contribution in [2.75, 3.05) is 54.6 Å². The van der Waals surface area contributed by atoms with Crippen LogP contribution in [0.4, 0.5) is 14.4 Å². The van der Waals surface area contributed by atoms with E-state index in [2.05, 4.69) is 172 Å². The highest BCUT2D eigenvalue weighted by molar-refractivity contribution is 5.94. The van der Waals surface area contributed by atoms with E-state index < -0.39 is 54.3 Å². The Kier molecular flexibility index (Phi) is 29.1. The second-order valence-corrected chi connectivity index (χ2v) is 32.8. The predicted octanol–water partition coefficient (Wildman–Crippen LogP) is 17.5. The number of esters is 1. The molecular weight excluding hydrogens is 1600 g/mol. The molecule has 8 heterocycles. The van der Waals surface area contributed by atoms with Gasteiger partial charge in [0.25, 0.3) is 5.91 Å². The first-order chi connectivity index (χ1) is 60.4. The first kappa shape index (κ1) is 90.0. The molecule has 8 aromatic carbocycles. The van der Waals surface area contributed by atoms with Gasteiger partial charge >= 0.3 is 30.2 Å². The number of hydrogen-bond donors (Lipinski definition) is 9. The number of aryl methyl sites for hydroxylation is 2. The number of alkyl carbamates (subject to hydrolysis) is 3. The lowest BCUT2D eigenvalue weighted by Gasteiger charge is -2.30. The van der Waals surface area contributed by atoms with Crippen LogP contribution in [0.5, 0.6) is 0 Å². The molecule has 4 aliphatic rings. The average Bonchev–Trinajstić information content (AvgIpc) is 1.71. The van der Waals surface area contributed by atoms with E-state index in [-0.39, 0.29) is 61.5 Å². The van der Waals surface area contributed by atoms with Crippen molar-refractivity contribution < 1.29 is 62.4 Å². The first-order valence-electron chi connectivity index (χ1n) is 42.5. The minimum Gasteiger partial charge on any atom is -0.481 e. The summed E-state index contributed by atoms with van der Waals surface area (Å²) in [4.78, 5) is 138. The van der Waals surface area contributed by atoms with Crippen LogP contribution in [0.3, 0.4) is 0 Å². The van der Waals surface area contributed by atoms with Gasteiger partial charge in [0, 0.05) is 30.8 Å². The van der Waals surface area contributed by atoms with Crippen LogP contribution in [0.25, 0.3) is 88.8 Å². The summed E-state index contributed by atoms with van der Waals surface area (Å²) in [6.45, 7) is 14.2. The van der Waals surface area contributed by atoms with Gasteiger partial charge in [-0.15, -0.1) is 0 Å². The summed E-state index contributed by atoms with van der Waals surface area (Å²) in [5, 5.41) is 25.2. The number of ether oxygens (including phenoxy) is 4. The molecule has 0 saturated carbocycles. The van der Waals surface area contributed by atoms with E-state index >= 15 is 0 Å². The molecule has 4 fully saturated rings. The summed E-state index contributed by atoms with van der Waals surface area (Å²) in [5.74, 6) is 0.184. The standard InChI is InChI=1S/C48H52N8O6.C37H41N7O3.C12H14O4.CH4/c1-28(2)41(53-47(59)61-4)45(57)55-22-8-12-39(55)44-50-27-38(52-44)35-21-20-33-24-32(18-19-34(33)25-35)30-14-16-31(17-15-30)37-26-49-43(51-37)40-13-9-23-56(40)46(58)42(54-48(60)62-5)36-11-7-6-10-29(36)3;1-22(2)33(43-37(46)47-3)36(45)44-17-5-7-32(44)35-40-21-31(42-35)28-15-14-26-18-25(12-13-27(26)19-28)23-8-10-24(11-9-23)30-20-39-34(41-30)29-6-4-16-38-29;1-8-5-3-4-6-9(8)10(12(14)15)7-11(13)16-2;/h6-7,10-11,14-21,24-28,39-42H,8-9,12-13,22-23H2,1-5H3,(H,49,51)(H,50,52)(H,53,59)(H,54,60);8-15,18-22,29,32-33,38H,4-7,16-17H2,1-3H3,(H,39,41)(H,40,42)(H,43,46);3-6,10H,7H2,1-2H3,(H,14,15);1H4/t39-,40-,41-,42?;29-,32-,33-;;/m00../s1. The molecule has 0 radical (unpaired) electrons. The number of hydrogen-bond acceptors (Lipinski definition) is 17. The topological polar surface area (TPSA) is 366 Å². The number of H-pyrrole nitrogens is 4. The number of nitrogens with one attached hydrogen (secondary N) is 8. The van der Waals surface area contributed by atoms with Crippen LogP contribution < -0.4 is 21.3 Å². The van der Waals surface area contributed by atoms with E-state index in [1.54, 1.807) is 17.0 Å². The summed E-state index contributed by atoms with van der Waals surface area (Å²) in [6, 6.07) is 54.8. The molecule has 4 aromatic heterocycles. The maximum atomic E-state index is 14.1. The fourth-order valence-corrected chi connectivity index (χ4v) is 17.2. The Labute approximate surface area is 732 Å². The fraction of sp³-hybridized carbons (Fsp3) is 0.347. The number of carbonyl (C=O) groups is 8. The quantitative estimate of drug-likeness (QED) is 0.0212. The molecule has 126 heavy (non-hydrogen) atoms. The highest BCUT2D eigenvalue weighted by Crippen LogP contribution is 2.40. The number of likely N-dealkylation sites (tertiary alicyclic amines) is 3. The molecule has 16 rings (SSSR count). The van der Waals surface area contributed by atoms with E-state index in [4.69, 9.17) is 34.3 Å². The number of carboxylic acids is 1. The second-order valence-electron chi connectivity index (χ2n) is 32.8. The lowest BCUT2D eigenvalue weighted by Crippen LogP contribution is -2.51. The molecule has 9 N–H and O–H groups in total. The van der Waals surface area contributed by atoms with Crippen molar-refractivity contribution in [1.29, 1.82) is 0 Å². The maximum Gasteiger partial charge on any atom is 0.407 e. The van der Waals surface area contributed by atoms with Gasteiger partial charge in [0.2, 0.25) is 11.8 Å². The summed E-state index contributed by atoms with van der Waals surface area (Å²) >= 11 is 0. The maximum absolute atomic E-state index is 14.1. The Morgan fingerprint density at radius 1 is 0.413 bits per heavy atom. The van der Waals surface area contributed by atoms with Crippen LogP contribution >= 0.6 is 0 Å². The van der Waals surface area contributed by atoms with E-state index in [9.17, 15) is 38.4 Å². The number of carbonyl (C=O) groups excluding carboxylic acids is 7. The Balaban J connectivity index is 0.000000187. The molecule has 28 heteroatoms. The number of amides is 6. The number of methoxy groups -OCH3 is 4. The first-order valence-corrected chi connectivity index (χ1v) is 42.5. The number of aliphatic carboxylic acids is 1. The van der Waals surface area contributed by atoms with E-state index in [0.29, 0.717) is 37.1 Å². The van der Waals surface area contributed by atoms with Crippen LogP contribution in [-0.2, 0) is 42.9 Å². The van der Waals surface area contributed by atoms with Gasteiger partial charge < -0.3 is 80.0 Å². The average molecular weight is 1710 g/mol. The minimum absolute atomic E-state index is 0. The Morgan fingerprint density at radius 3 is 1.14 bits per heavy atom. The monoisotopic (exact) mass is 1710 g/mol. The van der Waals surface area contributed by atoms with Gasteiger partial charge in [-0.25, -0.2) is 34.3 Å². The van der Waals surface area contributed by atoms with Crippen LogP contribution in [0.15, 0.2) is 195 Å². The largest absolute Gasteiger partial charge is 0.481 e. The van der Waals surface area contributed by atoms with Crippen LogP contribution in [0.1, 0.15) is 175 Å². The normalized spacial score (nSPS) is 16.9. The number of nitrogens with zero attached hydrogens (tertiary/aromatic N) is 7. The summed E-state index contributed by atoms with van der Waals surface area (Å²) in [5.41, 5.74) is 15.4. The number of carboxylic acid groups (broad SMARTS) is 1. The lowest BCUT2D eigenvalue weighted by atomic mass is 9.92. The number of aromatic amines is 4. The SMILES string of the molecule is C.COC(=O)CC(C(=O)O)c1ccccc1C.COC(=O)NC(C(=O)N1CCC[C@H]1c1ncc(-c2ccc(-c3ccc4cc(-c5cnc([C@@H]6CCCN6C(=O)[C@@H](NC(=O)OC)C(C)C)[nH]5)ccc4c3)cc2)[nH]1)c1ccccc1C.COC(=O)N[C@H](C(=O)N1CCC[C@H]1c1ncc(-c2ccc3cc(-c4ccc(-c5cnc([C@@H]6CCCN6)[nH]5)cc4)ccc3c2)[nH]1)C(C)C. The van der Waals surface area contributed by atoms with Crippen molar-refractivity contribution >= 4 is 69.5 Å². The highest BCUT2D eigenvalue weighted by Gasteiger charge is 2.41. The summed E-state index contributed by atoms with van der Waals surface area (Å²) in [6.07, 6.45) is 12.5. The van der Waals surface area contributed by atoms with Crippen molar-refractivity contribution in [3.05, 3.63) is 240 Å². The molecule has 4 saturated heterocycles. The molecule has 6 amide bonds. The smallest absolute Gasteiger partial charge is 0.407 e.